The van der Waals surface area contributed by atoms with Gasteiger partial charge in [0.15, 0.2) is 0 Å². The Labute approximate surface area is 178 Å². The first-order valence-electron chi connectivity index (χ1n) is 9.89. The molecule has 3 aromatic rings. The van der Waals surface area contributed by atoms with Crippen LogP contribution in [0.5, 0.6) is 0 Å². The van der Waals surface area contributed by atoms with Crippen molar-refractivity contribution in [3.05, 3.63) is 51.3 Å². The summed E-state index contributed by atoms with van der Waals surface area (Å²) in [5.74, 6) is 1.00. The highest BCUT2D eigenvalue weighted by molar-refractivity contribution is 9.10. The van der Waals surface area contributed by atoms with Crippen LogP contribution in [0.15, 0.2) is 34.9 Å². The van der Waals surface area contributed by atoms with Gasteiger partial charge in [0.1, 0.15) is 11.5 Å². The number of halogens is 2. The van der Waals surface area contributed by atoms with E-state index in [1.165, 1.54) is 37.1 Å². The summed E-state index contributed by atoms with van der Waals surface area (Å²) in [6, 6.07) is 9.56. The Bertz CT molecular complexity index is 1030. The van der Waals surface area contributed by atoms with Gasteiger partial charge in [-0.3, -0.25) is 4.90 Å². The molecule has 1 aliphatic carbocycles. The second kappa shape index (κ2) is 7.32. The molecule has 0 amide bonds. The minimum atomic E-state index is 0.199. The molecule has 1 saturated heterocycles. The van der Waals surface area contributed by atoms with E-state index < -0.39 is 0 Å². The van der Waals surface area contributed by atoms with E-state index in [0.717, 1.165) is 34.9 Å². The summed E-state index contributed by atoms with van der Waals surface area (Å²) in [4.78, 5) is 11.1. The van der Waals surface area contributed by atoms with E-state index in [2.05, 4.69) is 65.8 Å². The molecular formula is C21H23BrClN5. The number of nitrogens with two attached hydrogens (primary N) is 1. The first-order chi connectivity index (χ1) is 13.6. The Morgan fingerprint density at radius 2 is 2.07 bits per heavy atom. The predicted octanol–water partition coefficient (Wildman–Crippen LogP) is 5.14. The number of benzene rings is 1. The van der Waals surface area contributed by atoms with Gasteiger partial charge in [0, 0.05) is 23.3 Å². The van der Waals surface area contributed by atoms with Crippen LogP contribution in [0.1, 0.15) is 48.8 Å². The number of aromatic nitrogens is 3. The number of rotatable bonds is 4. The van der Waals surface area contributed by atoms with Crippen molar-refractivity contribution in [2.75, 3.05) is 18.8 Å². The van der Waals surface area contributed by atoms with E-state index in [1.54, 1.807) is 0 Å². The first-order valence-corrected chi connectivity index (χ1v) is 11.1. The fourth-order valence-electron chi connectivity index (χ4n) is 4.64. The normalized spacial score (nSPS) is 22.6. The minimum Gasteiger partial charge on any atom is -0.383 e. The Hall–Kier alpha value is -1.63. The van der Waals surface area contributed by atoms with Gasteiger partial charge in [0.05, 0.1) is 5.39 Å². The topological polar surface area (TPSA) is 60.0 Å². The van der Waals surface area contributed by atoms with Gasteiger partial charge in [-0.15, -0.1) is 0 Å². The molecule has 2 atom stereocenters. The number of anilines is 1. The standard InChI is InChI=1S/C21H23BrClN5/c22-17-12-28(20-18(17)19(24)25-21(23)26-20)16-6-5-15(10-16)14-4-1-3-13(9-14)11-27-7-2-8-27/h1,3-4,9,12,15-16H,2,5-8,10-11H2,(H2,24,25,26). The molecule has 0 bridgehead atoms. The number of hydrogen-bond acceptors (Lipinski definition) is 4. The summed E-state index contributed by atoms with van der Waals surface area (Å²) in [6.07, 6.45) is 6.83. The van der Waals surface area contributed by atoms with Crippen LogP contribution in [0, 0.1) is 0 Å². The second-order valence-corrected chi connectivity index (χ2v) is 9.19. The fraction of sp³-hybridized carbons (Fsp3) is 0.429. The zero-order chi connectivity index (χ0) is 19.3. The summed E-state index contributed by atoms with van der Waals surface area (Å²) < 4.78 is 3.16. The van der Waals surface area contributed by atoms with E-state index in [0.29, 0.717) is 17.8 Å². The molecule has 3 heterocycles. The molecule has 1 aliphatic heterocycles. The summed E-state index contributed by atoms with van der Waals surface area (Å²) in [6.45, 7) is 3.55. The average molecular weight is 461 g/mol. The second-order valence-electron chi connectivity index (χ2n) is 8.00. The Morgan fingerprint density at radius 1 is 1.21 bits per heavy atom. The van der Waals surface area contributed by atoms with Gasteiger partial charge in [-0.25, -0.2) is 4.98 Å². The number of nitrogens with zero attached hydrogens (tertiary/aromatic N) is 4. The van der Waals surface area contributed by atoms with Crippen molar-refractivity contribution in [1.29, 1.82) is 0 Å². The SMILES string of the molecule is Nc1nc(Cl)nc2c1c(Br)cn2C1CCC(c2cccc(CN3CCC3)c2)C1. The molecule has 0 spiro atoms. The maximum atomic E-state index is 6.08. The Kier molecular flexibility index (Phi) is 4.81. The minimum absolute atomic E-state index is 0.199. The molecule has 0 radical (unpaired) electrons. The molecule has 146 valence electrons. The van der Waals surface area contributed by atoms with Gasteiger partial charge in [-0.2, -0.15) is 4.98 Å². The lowest BCUT2D eigenvalue weighted by Gasteiger charge is -2.30. The van der Waals surface area contributed by atoms with Gasteiger partial charge < -0.3 is 10.3 Å². The average Bonchev–Trinajstić information content (AvgIpc) is 3.23. The van der Waals surface area contributed by atoms with E-state index in [9.17, 15) is 0 Å². The molecule has 2 fully saturated rings. The largest absolute Gasteiger partial charge is 0.383 e. The van der Waals surface area contributed by atoms with Crippen LogP contribution in [0.3, 0.4) is 0 Å². The van der Waals surface area contributed by atoms with E-state index in [4.69, 9.17) is 17.3 Å². The smallest absolute Gasteiger partial charge is 0.226 e. The number of fused-ring (bicyclic) bond motifs is 1. The fourth-order valence-corrected chi connectivity index (χ4v) is 5.41. The molecule has 2 aromatic heterocycles. The third-order valence-electron chi connectivity index (χ3n) is 6.20. The molecular weight excluding hydrogens is 438 g/mol. The van der Waals surface area contributed by atoms with Crippen LogP contribution in [-0.4, -0.2) is 32.5 Å². The summed E-state index contributed by atoms with van der Waals surface area (Å²) >= 11 is 9.69. The van der Waals surface area contributed by atoms with Crippen LogP contribution in [-0.2, 0) is 6.54 Å². The van der Waals surface area contributed by atoms with Crippen LogP contribution in [0.4, 0.5) is 5.82 Å². The van der Waals surface area contributed by atoms with Crippen LogP contribution >= 0.6 is 27.5 Å². The summed E-state index contributed by atoms with van der Waals surface area (Å²) in [5, 5.41) is 1.05. The number of likely N-dealkylation sites (tertiary alicyclic amines) is 1. The van der Waals surface area contributed by atoms with E-state index in [-0.39, 0.29) is 5.28 Å². The Morgan fingerprint density at radius 3 is 2.86 bits per heavy atom. The third kappa shape index (κ3) is 3.31. The van der Waals surface area contributed by atoms with Crippen LogP contribution in [0.2, 0.25) is 5.28 Å². The molecule has 2 aliphatic rings. The van der Waals surface area contributed by atoms with Crippen molar-refractivity contribution in [1.82, 2.24) is 19.4 Å². The number of nitrogen functional groups attached to an aromatic ring is 1. The Balaban J connectivity index is 1.39. The van der Waals surface area contributed by atoms with Crippen LogP contribution < -0.4 is 5.73 Å². The highest BCUT2D eigenvalue weighted by Crippen LogP contribution is 2.44. The van der Waals surface area contributed by atoms with Gasteiger partial charge >= 0.3 is 0 Å². The van der Waals surface area contributed by atoms with E-state index in [1.807, 2.05) is 0 Å². The molecule has 1 saturated carbocycles. The van der Waals surface area contributed by atoms with Crippen molar-refractivity contribution in [2.24, 2.45) is 0 Å². The summed E-state index contributed by atoms with van der Waals surface area (Å²) in [7, 11) is 0. The quantitative estimate of drug-likeness (QED) is 0.547. The maximum absolute atomic E-state index is 6.08. The molecule has 28 heavy (non-hydrogen) atoms. The highest BCUT2D eigenvalue weighted by Gasteiger charge is 2.29. The maximum Gasteiger partial charge on any atom is 0.226 e. The molecule has 7 heteroatoms. The monoisotopic (exact) mass is 459 g/mol. The van der Waals surface area contributed by atoms with Crippen molar-refractivity contribution < 1.29 is 0 Å². The third-order valence-corrected chi connectivity index (χ3v) is 6.97. The summed E-state index contributed by atoms with van der Waals surface area (Å²) in [5.41, 5.74) is 9.79. The molecule has 2 unspecified atom stereocenters. The molecule has 5 rings (SSSR count). The van der Waals surface area contributed by atoms with E-state index >= 15 is 0 Å². The molecule has 2 N–H and O–H groups in total. The van der Waals surface area contributed by atoms with Crippen molar-refractivity contribution >= 4 is 44.4 Å². The first kappa shape index (κ1) is 18.4. The zero-order valence-corrected chi connectivity index (χ0v) is 18.0. The van der Waals surface area contributed by atoms with Crippen molar-refractivity contribution in [2.45, 2.75) is 44.2 Å². The number of hydrogen-bond donors (Lipinski definition) is 1. The molecule has 1 aromatic carbocycles. The lowest BCUT2D eigenvalue weighted by molar-refractivity contribution is 0.172. The highest BCUT2D eigenvalue weighted by atomic mass is 79.9. The van der Waals surface area contributed by atoms with Crippen molar-refractivity contribution in [3.63, 3.8) is 0 Å². The van der Waals surface area contributed by atoms with Gasteiger partial charge in [0.2, 0.25) is 5.28 Å². The zero-order valence-electron chi connectivity index (χ0n) is 15.6. The van der Waals surface area contributed by atoms with Crippen LogP contribution in [0.25, 0.3) is 11.0 Å². The van der Waals surface area contributed by atoms with Gasteiger partial charge in [-0.1, -0.05) is 24.3 Å². The molecule has 5 nitrogen and oxygen atoms in total. The van der Waals surface area contributed by atoms with Crippen molar-refractivity contribution in [3.8, 4) is 0 Å². The lowest BCUT2D eigenvalue weighted by Crippen LogP contribution is -2.36. The van der Waals surface area contributed by atoms with Gasteiger partial charge in [-0.05, 0) is 83.3 Å². The predicted molar refractivity (Wildman–Crippen MR) is 117 cm³/mol. The van der Waals surface area contributed by atoms with Gasteiger partial charge in [0.25, 0.3) is 0 Å². The lowest BCUT2D eigenvalue weighted by atomic mass is 9.95.